The Labute approximate surface area is 154 Å². The van der Waals surface area contributed by atoms with E-state index in [-0.39, 0.29) is 11.8 Å². The smallest absolute Gasteiger partial charge is 0.252 e. The van der Waals surface area contributed by atoms with E-state index in [1.165, 1.54) is 12.4 Å². The van der Waals surface area contributed by atoms with Crippen LogP contribution in [0.1, 0.15) is 32.7 Å². The van der Waals surface area contributed by atoms with Gasteiger partial charge in [-0.05, 0) is 45.1 Å². The molecule has 0 saturated heterocycles. The largest absolute Gasteiger partial charge is 0.352 e. The molecule has 0 bridgehead atoms. The Kier molecular flexibility index (Phi) is 7.76. The van der Waals surface area contributed by atoms with Crippen LogP contribution in [0.5, 0.6) is 0 Å². The van der Waals surface area contributed by atoms with Crippen LogP contribution < -0.4 is 10.6 Å². The minimum Gasteiger partial charge on any atom is -0.352 e. The van der Waals surface area contributed by atoms with E-state index >= 15 is 0 Å². The first kappa shape index (κ1) is 19.6. The van der Waals surface area contributed by atoms with Crippen LogP contribution in [0, 0.1) is 0 Å². The third kappa shape index (κ3) is 6.64. The number of nitrogens with one attached hydrogen (secondary N) is 2. The highest BCUT2D eigenvalue weighted by atomic mass is 16.2. The average Bonchev–Trinajstić information content (AvgIpc) is 2.66. The van der Waals surface area contributed by atoms with Crippen LogP contribution in [0.25, 0.3) is 0 Å². The Balaban J connectivity index is 1.83. The number of hydrogen-bond acceptors (Lipinski definition) is 4. The fraction of sp³-hybridized carbons (Fsp3) is 0.350. The Morgan fingerprint density at radius 1 is 0.962 bits per heavy atom. The molecule has 6 nitrogen and oxygen atoms in total. The molecule has 2 aromatic rings. The second kappa shape index (κ2) is 10.3. The molecule has 0 aliphatic rings. The van der Waals surface area contributed by atoms with E-state index in [0.29, 0.717) is 24.2 Å². The number of amides is 2. The summed E-state index contributed by atoms with van der Waals surface area (Å²) in [7, 11) is 3.98. The van der Waals surface area contributed by atoms with Crippen LogP contribution in [0.15, 0.2) is 48.8 Å². The normalized spacial score (nSPS) is 10.6. The van der Waals surface area contributed by atoms with Gasteiger partial charge in [-0.1, -0.05) is 30.3 Å². The van der Waals surface area contributed by atoms with Gasteiger partial charge in [0.1, 0.15) is 0 Å². The molecule has 6 heteroatoms. The third-order valence-electron chi connectivity index (χ3n) is 3.87. The lowest BCUT2D eigenvalue weighted by Crippen LogP contribution is -2.28. The fourth-order valence-electron chi connectivity index (χ4n) is 2.45. The van der Waals surface area contributed by atoms with E-state index in [0.717, 1.165) is 24.9 Å². The highest BCUT2D eigenvalue weighted by Crippen LogP contribution is 2.04. The summed E-state index contributed by atoms with van der Waals surface area (Å²) in [6, 6.07) is 11.5. The molecule has 1 heterocycles. The van der Waals surface area contributed by atoms with Gasteiger partial charge in [0.05, 0.1) is 11.1 Å². The van der Waals surface area contributed by atoms with Gasteiger partial charge in [-0.2, -0.15) is 0 Å². The molecule has 26 heavy (non-hydrogen) atoms. The van der Waals surface area contributed by atoms with Crippen LogP contribution in [-0.4, -0.2) is 55.4 Å². The maximum absolute atomic E-state index is 12.3. The molecule has 0 unspecified atom stereocenters. The first-order valence-corrected chi connectivity index (χ1v) is 8.76. The number of aromatic nitrogens is 1. The fourth-order valence-corrected chi connectivity index (χ4v) is 2.45. The first-order valence-electron chi connectivity index (χ1n) is 8.76. The van der Waals surface area contributed by atoms with Crippen molar-refractivity contribution < 1.29 is 9.59 Å². The highest BCUT2D eigenvalue weighted by molar-refractivity contribution is 5.99. The molecule has 0 aliphatic heterocycles. The highest BCUT2D eigenvalue weighted by Gasteiger charge is 2.11. The van der Waals surface area contributed by atoms with Crippen LogP contribution in [0.2, 0.25) is 0 Å². The summed E-state index contributed by atoms with van der Waals surface area (Å²) >= 11 is 0. The van der Waals surface area contributed by atoms with Crippen molar-refractivity contribution in [1.29, 1.82) is 0 Å². The summed E-state index contributed by atoms with van der Waals surface area (Å²) in [6.45, 7) is 2.02. The van der Waals surface area contributed by atoms with Crippen molar-refractivity contribution in [2.45, 2.75) is 12.8 Å². The monoisotopic (exact) mass is 354 g/mol. The van der Waals surface area contributed by atoms with E-state index < -0.39 is 0 Å². The van der Waals surface area contributed by atoms with Gasteiger partial charge >= 0.3 is 0 Å². The number of rotatable bonds is 9. The number of benzene rings is 1. The van der Waals surface area contributed by atoms with Crippen molar-refractivity contribution in [3.63, 3.8) is 0 Å². The molecule has 1 aromatic heterocycles. The van der Waals surface area contributed by atoms with Gasteiger partial charge in [0.25, 0.3) is 11.8 Å². The summed E-state index contributed by atoms with van der Waals surface area (Å²) in [5.74, 6) is -0.439. The first-order chi connectivity index (χ1) is 12.6. The van der Waals surface area contributed by atoms with E-state index in [1.807, 2.05) is 44.4 Å². The Morgan fingerprint density at radius 3 is 2.19 bits per heavy atom. The average molecular weight is 354 g/mol. The molecule has 0 saturated carbocycles. The summed E-state index contributed by atoms with van der Waals surface area (Å²) in [5, 5.41) is 5.71. The Hall–Kier alpha value is -2.73. The molecule has 1 aromatic carbocycles. The molecule has 2 N–H and O–H groups in total. The minimum absolute atomic E-state index is 0.213. The lowest BCUT2D eigenvalue weighted by molar-refractivity contribution is 0.0952. The number of pyridine rings is 1. The summed E-state index contributed by atoms with van der Waals surface area (Å²) in [5.41, 5.74) is 1.95. The topological polar surface area (TPSA) is 74.3 Å². The van der Waals surface area contributed by atoms with E-state index in [4.69, 9.17) is 0 Å². The molecule has 0 fully saturated rings. The van der Waals surface area contributed by atoms with Gasteiger partial charge < -0.3 is 15.5 Å². The van der Waals surface area contributed by atoms with Gasteiger partial charge in [-0.15, -0.1) is 0 Å². The molecule has 138 valence electrons. The number of nitrogens with zero attached hydrogens (tertiary/aromatic N) is 2. The number of carbonyl (C=O) groups is 2. The van der Waals surface area contributed by atoms with Crippen molar-refractivity contribution >= 4 is 11.8 Å². The summed E-state index contributed by atoms with van der Waals surface area (Å²) in [6.07, 6.45) is 4.57. The minimum atomic E-state index is -0.226. The Bertz CT molecular complexity index is 717. The molecule has 2 rings (SSSR count). The molecule has 0 atom stereocenters. The predicted molar refractivity (Wildman–Crippen MR) is 102 cm³/mol. The predicted octanol–water partition coefficient (Wildman–Crippen LogP) is 1.74. The van der Waals surface area contributed by atoms with Gasteiger partial charge in [0.15, 0.2) is 0 Å². The lowest BCUT2D eigenvalue weighted by atomic mass is 10.1. The molecule has 2 amide bonds. The van der Waals surface area contributed by atoms with E-state index in [2.05, 4.69) is 20.5 Å². The zero-order valence-electron chi connectivity index (χ0n) is 15.4. The molecule has 0 aliphatic carbocycles. The lowest BCUT2D eigenvalue weighted by Gasteiger charge is -2.10. The molecular weight excluding hydrogens is 328 g/mol. The second-order valence-electron chi connectivity index (χ2n) is 6.37. The van der Waals surface area contributed by atoms with E-state index in [9.17, 15) is 9.59 Å². The van der Waals surface area contributed by atoms with E-state index in [1.54, 1.807) is 6.07 Å². The van der Waals surface area contributed by atoms with Gasteiger partial charge in [-0.3, -0.25) is 14.6 Å². The van der Waals surface area contributed by atoms with Gasteiger partial charge in [-0.25, -0.2) is 0 Å². The summed E-state index contributed by atoms with van der Waals surface area (Å²) in [4.78, 5) is 30.5. The summed E-state index contributed by atoms with van der Waals surface area (Å²) < 4.78 is 0. The quantitative estimate of drug-likeness (QED) is 0.673. The molecular formula is C20H26N4O2. The zero-order valence-corrected chi connectivity index (χ0v) is 15.4. The van der Waals surface area contributed by atoms with Gasteiger partial charge in [0.2, 0.25) is 0 Å². The maximum atomic E-state index is 12.3. The van der Waals surface area contributed by atoms with Crippen LogP contribution in [0.4, 0.5) is 0 Å². The molecule has 0 radical (unpaired) electrons. The maximum Gasteiger partial charge on any atom is 0.252 e. The molecule has 0 spiro atoms. The standard InChI is InChI=1S/C20H26N4O2/c1-24(2)12-6-10-22-19(25)17-13-18(15-21-14-17)20(26)23-11-9-16-7-4-3-5-8-16/h3-5,7-8,13-15H,6,9-12H2,1-2H3,(H,22,25)(H,23,26). The number of carbonyl (C=O) groups excluding carboxylic acids is 2. The van der Waals surface area contributed by atoms with Gasteiger partial charge in [0, 0.05) is 25.5 Å². The third-order valence-corrected chi connectivity index (χ3v) is 3.87. The number of hydrogen-bond donors (Lipinski definition) is 2. The van der Waals surface area contributed by atoms with Crippen molar-refractivity contribution in [3.05, 3.63) is 65.5 Å². The van der Waals surface area contributed by atoms with Crippen molar-refractivity contribution in [2.75, 3.05) is 33.7 Å². The SMILES string of the molecule is CN(C)CCCNC(=O)c1cncc(C(=O)NCCc2ccccc2)c1. The van der Waals surface area contributed by atoms with Crippen LogP contribution in [-0.2, 0) is 6.42 Å². The van der Waals surface area contributed by atoms with Crippen molar-refractivity contribution in [2.24, 2.45) is 0 Å². The van der Waals surface area contributed by atoms with Crippen molar-refractivity contribution in [1.82, 2.24) is 20.5 Å². The van der Waals surface area contributed by atoms with Crippen LogP contribution in [0.3, 0.4) is 0 Å². The zero-order chi connectivity index (χ0) is 18.8. The Morgan fingerprint density at radius 2 is 1.58 bits per heavy atom. The van der Waals surface area contributed by atoms with Crippen molar-refractivity contribution in [3.8, 4) is 0 Å². The van der Waals surface area contributed by atoms with Crippen LogP contribution >= 0.6 is 0 Å². The second-order valence-corrected chi connectivity index (χ2v) is 6.37.